The van der Waals surface area contributed by atoms with Crippen molar-refractivity contribution in [2.45, 2.75) is 78.2 Å². The maximum atomic E-state index is 3.20. The largest absolute Gasteiger partial charge is 0.317 e. The molecule has 0 heterocycles. The van der Waals surface area contributed by atoms with Gasteiger partial charge in [0.15, 0.2) is 0 Å². The van der Waals surface area contributed by atoms with E-state index in [0.717, 1.165) is 12.0 Å². The second-order valence-electron chi connectivity index (χ2n) is 4.66. The van der Waals surface area contributed by atoms with Crippen LogP contribution >= 0.6 is 0 Å². The van der Waals surface area contributed by atoms with E-state index in [1.165, 1.54) is 51.4 Å². The number of rotatable bonds is 1. The van der Waals surface area contributed by atoms with Crippen molar-refractivity contribution < 1.29 is 0 Å². The molecule has 0 radical (unpaired) electrons. The van der Waals surface area contributed by atoms with Gasteiger partial charge in [0.05, 0.1) is 0 Å². The maximum Gasteiger partial charge on any atom is 0.00640 e. The first-order valence-corrected chi connectivity index (χ1v) is 7.00. The SMILES string of the molecule is CC.CC1CCCCC1.CNC1CCC1. The van der Waals surface area contributed by atoms with Crippen LogP contribution in [-0.2, 0) is 0 Å². The average Bonchev–Trinajstić information content (AvgIpc) is 2.21. The third-order valence-corrected chi connectivity index (χ3v) is 3.41. The second-order valence-corrected chi connectivity index (χ2v) is 4.66. The molecular formula is C14H31N. The first-order chi connectivity index (χ1) is 7.33. The molecule has 2 saturated carbocycles. The van der Waals surface area contributed by atoms with Crippen molar-refractivity contribution in [1.29, 1.82) is 0 Å². The summed E-state index contributed by atoms with van der Waals surface area (Å²) in [7, 11) is 2.03. The van der Waals surface area contributed by atoms with Gasteiger partial charge in [0, 0.05) is 6.04 Å². The van der Waals surface area contributed by atoms with E-state index in [-0.39, 0.29) is 0 Å². The number of hydrogen-bond acceptors (Lipinski definition) is 1. The van der Waals surface area contributed by atoms with E-state index < -0.39 is 0 Å². The molecule has 2 aliphatic carbocycles. The van der Waals surface area contributed by atoms with E-state index >= 15 is 0 Å². The Hall–Kier alpha value is -0.0400. The van der Waals surface area contributed by atoms with Crippen LogP contribution in [0.2, 0.25) is 0 Å². The van der Waals surface area contributed by atoms with Crippen LogP contribution < -0.4 is 5.32 Å². The summed E-state index contributed by atoms with van der Waals surface area (Å²) in [6.07, 6.45) is 11.7. The van der Waals surface area contributed by atoms with Gasteiger partial charge in [-0.15, -0.1) is 0 Å². The third-order valence-electron chi connectivity index (χ3n) is 3.41. The van der Waals surface area contributed by atoms with Crippen molar-refractivity contribution in [1.82, 2.24) is 5.32 Å². The van der Waals surface area contributed by atoms with Crippen LogP contribution in [0.1, 0.15) is 72.1 Å². The lowest BCUT2D eigenvalue weighted by molar-refractivity contribution is 0.361. The molecule has 0 aromatic carbocycles. The molecule has 0 atom stereocenters. The van der Waals surface area contributed by atoms with Crippen molar-refractivity contribution in [3.63, 3.8) is 0 Å². The van der Waals surface area contributed by atoms with Crippen molar-refractivity contribution in [3.05, 3.63) is 0 Å². The Kier molecular flexibility index (Phi) is 10.4. The highest BCUT2D eigenvalue weighted by molar-refractivity contribution is 4.73. The van der Waals surface area contributed by atoms with Crippen LogP contribution in [0.3, 0.4) is 0 Å². The predicted octanol–water partition coefficient (Wildman–Crippen LogP) is 4.37. The summed E-state index contributed by atoms with van der Waals surface area (Å²) in [5.74, 6) is 1.04. The zero-order valence-corrected chi connectivity index (χ0v) is 11.3. The molecule has 0 aliphatic heterocycles. The second kappa shape index (κ2) is 10.5. The maximum absolute atomic E-state index is 3.20. The molecule has 0 spiro atoms. The molecule has 0 aromatic rings. The normalized spacial score (nSPS) is 21.6. The Morgan fingerprint density at radius 2 is 1.33 bits per heavy atom. The van der Waals surface area contributed by atoms with Crippen LogP contribution in [0.15, 0.2) is 0 Å². The number of nitrogens with one attached hydrogen (secondary N) is 1. The topological polar surface area (TPSA) is 12.0 Å². The van der Waals surface area contributed by atoms with Crippen LogP contribution in [0.25, 0.3) is 0 Å². The van der Waals surface area contributed by atoms with E-state index in [1.807, 2.05) is 20.9 Å². The lowest BCUT2D eigenvalue weighted by Gasteiger charge is -2.23. The van der Waals surface area contributed by atoms with E-state index in [2.05, 4.69) is 12.2 Å². The molecule has 0 aromatic heterocycles. The molecule has 1 N–H and O–H groups in total. The fourth-order valence-electron chi connectivity index (χ4n) is 2.00. The van der Waals surface area contributed by atoms with Crippen LogP contribution in [0.4, 0.5) is 0 Å². The lowest BCUT2D eigenvalue weighted by Crippen LogP contribution is -2.31. The molecule has 2 aliphatic rings. The molecule has 0 unspecified atom stereocenters. The molecule has 2 fully saturated rings. The molecule has 0 saturated heterocycles. The standard InChI is InChI=1S/C7H14.C5H11N.C2H6/c1-7-5-3-2-4-6-7;1-6-5-3-2-4-5;1-2/h7H,2-6H2,1H3;5-6H,2-4H2,1H3;1-2H3. The summed E-state index contributed by atoms with van der Waals surface area (Å²) >= 11 is 0. The van der Waals surface area contributed by atoms with Gasteiger partial charge in [0.25, 0.3) is 0 Å². The summed E-state index contributed by atoms with van der Waals surface area (Å²) in [6, 6.07) is 0.866. The molecule has 15 heavy (non-hydrogen) atoms. The fourth-order valence-corrected chi connectivity index (χ4v) is 2.00. The molecule has 0 bridgehead atoms. The van der Waals surface area contributed by atoms with Gasteiger partial charge in [0.2, 0.25) is 0 Å². The Bertz CT molecular complexity index is 110. The van der Waals surface area contributed by atoms with Crippen LogP contribution in [0, 0.1) is 5.92 Å². The molecule has 92 valence electrons. The monoisotopic (exact) mass is 213 g/mol. The van der Waals surface area contributed by atoms with Gasteiger partial charge in [-0.25, -0.2) is 0 Å². The minimum atomic E-state index is 0.866. The molecular weight excluding hydrogens is 182 g/mol. The van der Waals surface area contributed by atoms with Crippen LogP contribution in [0.5, 0.6) is 0 Å². The fraction of sp³-hybridized carbons (Fsp3) is 1.00. The van der Waals surface area contributed by atoms with Gasteiger partial charge >= 0.3 is 0 Å². The minimum Gasteiger partial charge on any atom is -0.317 e. The van der Waals surface area contributed by atoms with Crippen LogP contribution in [-0.4, -0.2) is 13.1 Å². The summed E-state index contributed by atoms with van der Waals surface area (Å²) in [6.45, 7) is 6.36. The highest BCUT2D eigenvalue weighted by Crippen LogP contribution is 2.22. The van der Waals surface area contributed by atoms with Crippen molar-refractivity contribution in [2.24, 2.45) is 5.92 Å². The van der Waals surface area contributed by atoms with Gasteiger partial charge in [-0.3, -0.25) is 0 Å². The van der Waals surface area contributed by atoms with Gasteiger partial charge in [-0.05, 0) is 25.8 Å². The molecule has 0 amide bonds. The Morgan fingerprint density at radius 3 is 1.47 bits per heavy atom. The van der Waals surface area contributed by atoms with E-state index in [0.29, 0.717) is 0 Å². The number of hydrogen-bond donors (Lipinski definition) is 1. The van der Waals surface area contributed by atoms with Crippen molar-refractivity contribution in [3.8, 4) is 0 Å². The van der Waals surface area contributed by atoms with E-state index in [9.17, 15) is 0 Å². The Labute approximate surface area is 97.0 Å². The summed E-state index contributed by atoms with van der Waals surface area (Å²) in [4.78, 5) is 0. The first-order valence-electron chi connectivity index (χ1n) is 7.00. The Morgan fingerprint density at radius 1 is 0.800 bits per heavy atom. The highest BCUT2D eigenvalue weighted by atomic mass is 14.9. The molecule has 2 rings (SSSR count). The van der Waals surface area contributed by atoms with Crippen molar-refractivity contribution in [2.75, 3.05) is 7.05 Å². The minimum absolute atomic E-state index is 0.866. The van der Waals surface area contributed by atoms with Gasteiger partial charge < -0.3 is 5.32 Å². The smallest absolute Gasteiger partial charge is 0.00640 e. The zero-order valence-electron chi connectivity index (χ0n) is 11.3. The lowest BCUT2D eigenvalue weighted by atomic mass is 9.91. The molecule has 1 heteroatoms. The Balaban J connectivity index is 0.000000227. The summed E-state index contributed by atoms with van der Waals surface area (Å²) < 4.78 is 0. The van der Waals surface area contributed by atoms with Gasteiger partial charge in [-0.1, -0.05) is 59.3 Å². The van der Waals surface area contributed by atoms with Crippen molar-refractivity contribution >= 4 is 0 Å². The molecule has 1 nitrogen and oxygen atoms in total. The summed E-state index contributed by atoms with van der Waals surface area (Å²) in [5.41, 5.74) is 0. The quantitative estimate of drug-likeness (QED) is 0.682. The predicted molar refractivity (Wildman–Crippen MR) is 70.3 cm³/mol. The third kappa shape index (κ3) is 7.84. The van der Waals surface area contributed by atoms with E-state index in [4.69, 9.17) is 0 Å². The first kappa shape index (κ1) is 15.0. The summed E-state index contributed by atoms with van der Waals surface area (Å²) in [5, 5.41) is 3.20. The highest BCUT2D eigenvalue weighted by Gasteiger charge is 2.13. The van der Waals surface area contributed by atoms with E-state index in [1.54, 1.807) is 0 Å². The zero-order chi connectivity index (χ0) is 11.5. The van der Waals surface area contributed by atoms with Gasteiger partial charge in [-0.2, -0.15) is 0 Å². The van der Waals surface area contributed by atoms with Gasteiger partial charge in [0.1, 0.15) is 0 Å². The average molecular weight is 213 g/mol.